The quantitative estimate of drug-likeness (QED) is 0.781. The lowest BCUT2D eigenvalue weighted by Gasteiger charge is -2.31. The van der Waals surface area contributed by atoms with Gasteiger partial charge in [-0.25, -0.2) is 0 Å². The van der Waals surface area contributed by atoms with E-state index in [1.165, 1.54) is 25.3 Å². The molecule has 0 amide bonds. The summed E-state index contributed by atoms with van der Waals surface area (Å²) in [5, 5.41) is 0.790. The summed E-state index contributed by atoms with van der Waals surface area (Å²) < 4.78 is 5.83. The monoisotopic (exact) mass is 324 g/mol. The number of hydrogen-bond acceptors (Lipinski definition) is 4. The second-order valence-electron chi connectivity index (χ2n) is 5.34. The van der Waals surface area contributed by atoms with Crippen LogP contribution in [0.1, 0.15) is 18.9 Å². The normalized spacial score (nSPS) is 19.4. The lowest BCUT2D eigenvalue weighted by molar-refractivity contribution is 0.212. The van der Waals surface area contributed by atoms with Crippen molar-refractivity contribution >= 4 is 29.0 Å². The van der Waals surface area contributed by atoms with Gasteiger partial charge in [0, 0.05) is 37.1 Å². The van der Waals surface area contributed by atoms with Gasteiger partial charge in [-0.15, -0.1) is 0 Å². The number of rotatable bonds is 7. The maximum absolute atomic E-state index is 5.83. The molecule has 1 aromatic rings. The predicted molar refractivity (Wildman–Crippen MR) is 95.4 cm³/mol. The number of nitrogens with zero attached hydrogens (tertiary/aromatic N) is 1. The lowest BCUT2D eigenvalue weighted by Crippen LogP contribution is -2.39. The maximum Gasteiger partial charge on any atom is 0.119 e. The molecule has 116 valence electrons. The Labute approximate surface area is 137 Å². The Morgan fingerprint density at radius 2 is 2.19 bits per heavy atom. The second kappa shape index (κ2) is 8.61. The van der Waals surface area contributed by atoms with Gasteiger partial charge in [0.15, 0.2) is 0 Å². The first-order valence-corrected chi connectivity index (χ1v) is 8.97. The Hall–Kier alpha value is -0.780. The number of ether oxygens (including phenoxy) is 1. The van der Waals surface area contributed by atoms with E-state index >= 15 is 0 Å². The molecule has 0 aliphatic carbocycles. The molecule has 1 aliphatic rings. The van der Waals surface area contributed by atoms with Crippen molar-refractivity contribution in [3.05, 3.63) is 29.8 Å². The predicted octanol–water partition coefficient (Wildman–Crippen LogP) is 2.72. The average Bonchev–Trinajstić information content (AvgIpc) is 2.49. The molecule has 2 rings (SSSR count). The van der Waals surface area contributed by atoms with Crippen LogP contribution in [0.25, 0.3) is 0 Å². The fourth-order valence-corrected chi connectivity index (χ4v) is 3.84. The molecule has 1 unspecified atom stereocenters. The fourth-order valence-electron chi connectivity index (χ4n) is 2.43. The van der Waals surface area contributed by atoms with E-state index in [-0.39, 0.29) is 0 Å². The average molecular weight is 325 g/mol. The highest BCUT2D eigenvalue weighted by Crippen LogP contribution is 2.21. The first kappa shape index (κ1) is 16.6. The lowest BCUT2D eigenvalue weighted by atomic mass is 10.1. The third-order valence-corrected chi connectivity index (χ3v) is 5.17. The Kier molecular flexibility index (Phi) is 6.80. The number of hydrogen-bond donors (Lipinski definition) is 1. The van der Waals surface area contributed by atoms with Crippen molar-refractivity contribution < 1.29 is 4.74 Å². The van der Waals surface area contributed by atoms with Gasteiger partial charge in [0.1, 0.15) is 12.4 Å². The molecule has 0 aromatic heterocycles. The summed E-state index contributed by atoms with van der Waals surface area (Å²) in [5.74, 6) is 2.16. The molecule has 1 fully saturated rings. The van der Waals surface area contributed by atoms with Crippen LogP contribution < -0.4 is 10.5 Å². The molecule has 2 N–H and O–H groups in total. The Balaban J connectivity index is 1.71. The van der Waals surface area contributed by atoms with Gasteiger partial charge in [-0.2, -0.15) is 11.8 Å². The molecular formula is C16H24N2OS2. The Bertz CT molecular complexity index is 450. The number of nitrogens with two attached hydrogens (primary N) is 1. The smallest absolute Gasteiger partial charge is 0.119 e. The highest BCUT2D eigenvalue weighted by Gasteiger charge is 2.18. The van der Waals surface area contributed by atoms with Crippen LogP contribution in [-0.4, -0.2) is 47.1 Å². The van der Waals surface area contributed by atoms with E-state index in [4.69, 9.17) is 22.7 Å². The van der Waals surface area contributed by atoms with Crippen LogP contribution in [0.2, 0.25) is 0 Å². The van der Waals surface area contributed by atoms with Gasteiger partial charge < -0.3 is 10.5 Å². The van der Waals surface area contributed by atoms with Crippen molar-refractivity contribution in [2.45, 2.75) is 25.0 Å². The van der Waals surface area contributed by atoms with Crippen LogP contribution in [-0.2, 0) is 6.42 Å². The summed E-state index contributed by atoms with van der Waals surface area (Å²) in [6, 6.07) is 8.04. The molecule has 1 atom stereocenters. The van der Waals surface area contributed by atoms with Crippen molar-refractivity contribution in [2.24, 2.45) is 5.73 Å². The van der Waals surface area contributed by atoms with E-state index < -0.39 is 0 Å². The number of benzene rings is 1. The standard InChI is InChI=1S/C16H24N2OS2/c1-2-15-12-18(8-10-21-15)7-9-19-14-5-3-13(4-6-14)11-16(17)20/h3-6,15H,2,7-12H2,1H3,(H2,17,20). The Morgan fingerprint density at radius 3 is 2.86 bits per heavy atom. The van der Waals surface area contributed by atoms with Gasteiger partial charge in [-0.3, -0.25) is 4.90 Å². The van der Waals surface area contributed by atoms with Crippen LogP contribution in [0, 0.1) is 0 Å². The summed E-state index contributed by atoms with van der Waals surface area (Å²) >= 11 is 7.01. The summed E-state index contributed by atoms with van der Waals surface area (Å²) in [6.45, 7) is 6.39. The first-order valence-electron chi connectivity index (χ1n) is 7.51. The van der Waals surface area contributed by atoms with Crippen LogP contribution in [0.5, 0.6) is 5.75 Å². The van der Waals surface area contributed by atoms with E-state index in [1.807, 2.05) is 24.3 Å². The van der Waals surface area contributed by atoms with E-state index in [1.54, 1.807) is 0 Å². The maximum atomic E-state index is 5.83. The minimum absolute atomic E-state index is 0.525. The summed E-state index contributed by atoms with van der Waals surface area (Å²) in [4.78, 5) is 3.03. The van der Waals surface area contributed by atoms with Crippen molar-refractivity contribution in [3.8, 4) is 5.75 Å². The third-order valence-electron chi connectivity index (χ3n) is 3.66. The minimum Gasteiger partial charge on any atom is -0.492 e. The highest BCUT2D eigenvalue weighted by molar-refractivity contribution is 8.00. The van der Waals surface area contributed by atoms with Crippen molar-refractivity contribution in [1.82, 2.24) is 4.90 Å². The second-order valence-corrected chi connectivity index (χ2v) is 7.27. The van der Waals surface area contributed by atoms with Crippen molar-refractivity contribution in [1.29, 1.82) is 0 Å². The number of thioether (sulfide) groups is 1. The first-order chi connectivity index (χ1) is 10.2. The topological polar surface area (TPSA) is 38.5 Å². The summed E-state index contributed by atoms with van der Waals surface area (Å²) in [5.41, 5.74) is 6.67. The van der Waals surface area contributed by atoms with Gasteiger partial charge in [-0.1, -0.05) is 31.3 Å². The SMILES string of the molecule is CCC1CN(CCOc2ccc(CC(N)=S)cc2)CCS1. The third kappa shape index (κ3) is 5.85. The molecule has 0 spiro atoms. The molecule has 3 nitrogen and oxygen atoms in total. The molecule has 5 heteroatoms. The van der Waals surface area contributed by atoms with Gasteiger partial charge in [0.25, 0.3) is 0 Å². The Morgan fingerprint density at radius 1 is 1.43 bits per heavy atom. The molecule has 0 saturated carbocycles. The van der Waals surface area contributed by atoms with Crippen molar-refractivity contribution in [2.75, 3.05) is 32.0 Å². The van der Waals surface area contributed by atoms with E-state index in [0.717, 1.165) is 29.7 Å². The van der Waals surface area contributed by atoms with E-state index in [2.05, 4.69) is 23.6 Å². The molecule has 0 radical (unpaired) electrons. The zero-order valence-corrected chi connectivity index (χ0v) is 14.2. The number of thiocarbonyl (C=S) groups is 1. The summed E-state index contributed by atoms with van der Waals surface area (Å²) in [6.07, 6.45) is 1.91. The van der Waals surface area contributed by atoms with Crippen molar-refractivity contribution in [3.63, 3.8) is 0 Å². The molecule has 1 aliphatic heterocycles. The fraction of sp³-hybridized carbons (Fsp3) is 0.562. The molecular weight excluding hydrogens is 300 g/mol. The zero-order valence-electron chi connectivity index (χ0n) is 12.6. The largest absolute Gasteiger partial charge is 0.492 e. The van der Waals surface area contributed by atoms with E-state index in [9.17, 15) is 0 Å². The molecule has 1 saturated heterocycles. The van der Waals surface area contributed by atoms with Gasteiger partial charge in [0.05, 0.1) is 4.99 Å². The minimum atomic E-state index is 0.525. The molecule has 21 heavy (non-hydrogen) atoms. The molecule has 1 aromatic carbocycles. The highest BCUT2D eigenvalue weighted by atomic mass is 32.2. The van der Waals surface area contributed by atoms with E-state index in [0.29, 0.717) is 11.4 Å². The van der Waals surface area contributed by atoms with Gasteiger partial charge in [0.2, 0.25) is 0 Å². The molecule has 0 bridgehead atoms. The van der Waals surface area contributed by atoms with Crippen LogP contribution in [0.3, 0.4) is 0 Å². The summed E-state index contributed by atoms with van der Waals surface area (Å²) in [7, 11) is 0. The molecule has 1 heterocycles. The zero-order chi connectivity index (χ0) is 15.1. The van der Waals surface area contributed by atoms with Gasteiger partial charge in [-0.05, 0) is 24.1 Å². The van der Waals surface area contributed by atoms with Gasteiger partial charge >= 0.3 is 0 Å². The van der Waals surface area contributed by atoms with Crippen LogP contribution in [0.15, 0.2) is 24.3 Å². The van der Waals surface area contributed by atoms with Crippen LogP contribution >= 0.6 is 24.0 Å². The van der Waals surface area contributed by atoms with Crippen LogP contribution in [0.4, 0.5) is 0 Å².